The molecule has 1 aromatic heterocycles. The van der Waals surface area contributed by atoms with Crippen LogP contribution < -0.4 is 15.5 Å². The van der Waals surface area contributed by atoms with Crippen molar-refractivity contribution in [1.29, 1.82) is 0 Å². The number of nitrogens with one attached hydrogen (secondary N) is 2. The summed E-state index contributed by atoms with van der Waals surface area (Å²) in [6, 6.07) is 4.81. The van der Waals surface area contributed by atoms with E-state index in [-0.39, 0.29) is 0 Å². The molecule has 0 bridgehead atoms. The number of rotatable bonds is 7. The lowest BCUT2D eigenvalue weighted by atomic mass is 10.0. The molecule has 1 unspecified atom stereocenters. The molecule has 2 N–H and O–H groups in total. The largest absolute Gasteiger partial charge is 0.379 e. The van der Waals surface area contributed by atoms with E-state index < -0.39 is 0 Å². The summed E-state index contributed by atoms with van der Waals surface area (Å²) in [5.74, 6) is 2.52. The third-order valence-corrected chi connectivity index (χ3v) is 6.19. The van der Waals surface area contributed by atoms with Crippen molar-refractivity contribution in [3.63, 3.8) is 0 Å². The minimum absolute atomic E-state index is 0.474. The number of morpholine rings is 1. The Kier molecular flexibility index (Phi) is 9.21. The van der Waals surface area contributed by atoms with Crippen LogP contribution in [0.2, 0.25) is 0 Å². The molecule has 0 aromatic carbocycles. The summed E-state index contributed by atoms with van der Waals surface area (Å²) in [6.07, 6.45) is 7.22. The van der Waals surface area contributed by atoms with Crippen LogP contribution in [0, 0.1) is 5.92 Å². The van der Waals surface area contributed by atoms with Gasteiger partial charge in [-0.3, -0.25) is 9.89 Å². The molecule has 2 saturated heterocycles. The molecular weight excluding hydrogens is 376 g/mol. The molecule has 2 fully saturated rings. The quantitative estimate of drug-likeness (QED) is 0.526. The van der Waals surface area contributed by atoms with Crippen molar-refractivity contribution < 1.29 is 4.74 Å². The van der Waals surface area contributed by atoms with E-state index in [2.05, 4.69) is 51.4 Å². The van der Waals surface area contributed by atoms with Crippen LogP contribution in [0.5, 0.6) is 0 Å². The van der Waals surface area contributed by atoms with Gasteiger partial charge in [-0.05, 0) is 30.4 Å². The van der Waals surface area contributed by atoms with Crippen molar-refractivity contribution in [3.8, 4) is 0 Å². The fraction of sp³-hybridized carbons (Fsp3) is 0.739. The first-order chi connectivity index (χ1) is 14.7. The van der Waals surface area contributed by atoms with Gasteiger partial charge in [0.2, 0.25) is 0 Å². The van der Waals surface area contributed by atoms with E-state index >= 15 is 0 Å². The van der Waals surface area contributed by atoms with E-state index in [0.29, 0.717) is 12.0 Å². The summed E-state index contributed by atoms with van der Waals surface area (Å²) in [6.45, 7) is 12.1. The molecule has 2 aliphatic rings. The smallest absolute Gasteiger partial charge is 0.191 e. The summed E-state index contributed by atoms with van der Waals surface area (Å²) >= 11 is 0. The van der Waals surface area contributed by atoms with Crippen LogP contribution in [0.4, 0.5) is 5.82 Å². The van der Waals surface area contributed by atoms with Gasteiger partial charge in [0.15, 0.2) is 5.96 Å². The molecule has 7 nitrogen and oxygen atoms in total. The van der Waals surface area contributed by atoms with Crippen LogP contribution in [-0.4, -0.2) is 74.9 Å². The Labute approximate surface area is 182 Å². The fourth-order valence-corrected chi connectivity index (χ4v) is 4.31. The average Bonchev–Trinajstić information content (AvgIpc) is 3.06. The van der Waals surface area contributed by atoms with Gasteiger partial charge in [-0.2, -0.15) is 0 Å². The van der Waals surface area contributed by atoms with Gasteiger partial charge >= 0.3 is 0 Å². The van der Waals surface area contributed by atoms with Gasteiger partial charge in [0.1, 0.15) is 5.82 Å². The first-order valence-corrected chi connectivity index (χ1v) is 11.6. The number of nitrogens with zero attached hydrogens (tertiary/aromatic N) is 4. The van der Waals surface area contributed by atoms with Crippen LogP contribution in [0.15, 0.2) is 23.3 Å². The monoisotopic (exact) mass is 416 g/mol. The summed E-state index contributed by atoms with van der Waals surface area (Å²) in [4.78, 5) is 14.1. The lowest BCUT2D eigenvalue weighted by Gasteiger charge is -2.37. The van der Waals surface area contributed by atoms with Crippen molar-refractivity contribution >= 4 is 11.8 Å². The molecule has 2 aliphatic heterocycles. The number of pyridine rings is 1. The first kappa shape index (κ1) is 22.8. The van der Waals surface area contributed by atoms with Crippen LogP contribution in [0.3, 0.4) is 0 Å². The molecule has 0 spiro atoms. The van der Waals surface area contributed by atoms with Crippen molar-refractivity contribution in [2.24, 2.45) is 10.9 Å². The third-order valence-electron chi connectivity index (χ3n) is 6.19. The van der Waals surface area contributed by atoms with Crippen molar-refractivity contribution in [1.82, 2.24) is 20.5 Å². The molecule has 3 heterocycles. The molecule has 30 heavy (non-hydrogen) atoms. The van der Waals surface area contributed by atoms with Crippen molar-refractivity contribution in [3.05, 3.63) is 23.9 Å². The summed E-state index contributed by atoms with van der Waals surface area (Å²) in [5, 5.41) is 6.95. The van der Waals surface area contributed by atoms with E-state index in [9.17, 15) is 0 Å². The molecule has 0 amide bonds. The number of aromatic nitrogens is 1. The number of anilines is 1. The van der Waals surface area contributed by atoms with Crippen LogP contribution in [0.1, 0.15) is 45.1 Å². The maximum absolute atomic E-state index is 5.51. The van der Waals surface area contributed by atoms with Gasteiger partial charge < -0.3 is 20.3 Å². The van der Waals surface area contributed by atoms with E-state index in [1.807, 2.05) is 13.2 Å². The number of aliphatic imine (C=N–C) groups is 1. The second kappa shape index (κ2) is 12.1. The Morgan fingerprint density at radius 3 is 2.40 bits per heavy atom. The summed E-state index contributed by atoms with van der Waals surface area (Å²) in [5.41, 5.74) is 1.17. The highest BCUT2D eigenvalue weighted by Gasteiger charge is 2.23. The van der Waals surface area contributed by atoms with Gasteiger partial charge in [0.25, 0.3) is 0 Å². The minimum atomic E-state index is 0.474. The Morgan fingerprint density at radius 1 is 1.07 bits per heavy atom. The minimum Gasteiger partial charge on any atom is -0.379 e. The van der Waals surface area contributed by atoms with Crippen LogP contribution in [-0.2, 0) is 11.3 Å². The molecule has 0 saturated carbocycles. The van der Waals surface area contributed by atoms with Gasteiger partial charge in [0, 0.05) is 58.6 Å². The second-order valence-electron chi connectivity index (χ2n) is 8.69. The van der Waals surface area contributed by atoms with E-state index in [4.69, 9.17) is 9.72 Å². The molecule has 168 valence electrons. The van der Waals surface area contributed by atoms with Crippen LogP contribution in [0.25, 0.3) is 0 Å². The molecule has 0 aliphatic carbocycles. The maximum atomic E-state index is 5.51. The Balaban J connectivity index is 1.47. The van der Waals surface area contributed by atoms with Crippen molar-refractivity contribution in [2.75, 3.05) is 57.9 Å². The number of hydrogen-bond acceptors (Lipinski definition) is 5. The van der Waals surface area contributed by atoms with E-state index in [1.54, 1.807) is 0 Å². The molecule has 3 rings (SSSR count). The van der Waals surface area contributed by atoms with Gasteiger partial charge in [0.05, 0.1) is 13.2 Å². The standard InChI is InChI=1S/C23H40N6O/c1-19(2)21(28-12-14-30-15-13-28)18-27-23(24-3)26-17-20-8-9-22(25-16-20)29-10-6-4-5-7-11-29/h8-9,16,19,21H,4-7,10-15,17-18H2,1-3H3,(H2,24,26,27). The first-order valence-electron chi connectivity index (χ1n) is 11.6. The van der Waals surface area contributed by atoms with E-state index in [1.165, 1.54) is 31.2 Å². The Morgan fingerprint density at radius 2 is 1.80 bits per heavy atom. The lowest BCUT2D eigenvalue weighted by Crippen LogP contribution is -2.52. The zero-order chi connectivity index (χ0) is 21.2. The normalized spacial score (nSPS) is 20.1. The van der Waals surface area contributed by atoms with Gasteiger partial charge in [-0.1, -0.05) is 32.8 Å². The zero-order valence-corrected chi connectivity index (χ0v) is 19.1. The number of guanidine groups is 1. The van der Waals surface area contributed by atoms with Gasteiger partial charge in [-0.15, -0.1) is 0 Å². The molecule has 1 aromatic rings. The summed E-state index contributed by atoms with van der Waals surface area (Å²) < 4.78 is 5.51. The topological polar surface area (TPSA) is 65.0 Å². The molecular formula is C23H40N6O. The predicted octanol–water partition coefficient (Wildman–Crippen LogP) is 2.48. The third kappa shape index (κ3) is 6.84. The Bertz CT molecular complexity index is 634. The number of ether oxygens (including phenoxy) is 1. The highest BCUT2D eigenvalue weighted by atomic mass is 16.5. The van der Waals surface area contributed by atoms with Crippen molar-refractivity contribution in [2.45, 2.75) is 52.1 Å². The predicted molar refractivity (Wildman–Crippen MR) is 124 cm³/mol. The van der Waals surface area contributed by atoms with E-state index in [0.717, 1.165) is 64.3 Å². The zero-order valence-electron chi connectivity index (χ0n) is 19.1. The second-order valence-corrected chi connectivity index (χ2v) is 8.69. The molecule has 7 heteroatoms. The molecule has 1 atom stereocenters. The average molecular weight is 417 g/mol. The molecule has 0 radical (unpaired) electrons. The number of hydrogen-bond donors (Lipinski definition) is 2. The van der Waals surface area contributed by atoms with Gasteiger partial charge in [-0.25, -0.2) is 4.98 Å². The van der Waals surface area contributed by atoms with Crippen LogP contribution >= 0.6 is 0 Å². The highest BCUT2D eigenvalue weighted by Crippen LogP contribution is 2.17. The highest BCUT2D eigenvalue weighted by molar-refractivity contribution is 5.79. The lowest BCUT2D eigenvalue weighted by molar-refractivity contribution is 0.00752. The summed E-state index contributed by atoms with van der Waals surface area (Å²) in [7, 11) is 1.83. The Hall–Kier alpha value is -1.86. The maximum Gasteiger partial charge on any atom is 0.191 e. The fourth-order valence-electron chi connectivity index (χ4n) is 4.31. The SMILES string of the molecule is CN=C(NCc1ccc(N2CCCCCC2)nc1)NCC(C(C)C)N1CCOCC1.